The zero-order valence-electron chi connectivity index (χ0n) is 11.0. The van der Waals surface area contributed by atoms with Crippen LogP contribution in [0.1, 0.15) is 18.9 Å². The van der Waals surface area contributed by atoms with Crippen molar-refractivity contribution in [2.45, 2.75) is 25.8 Å². The highest BCUT2D eigenvalue weighted by atomic mass is 32.2. The van der Waals surface area contributed by atoms with Gasteiger partial charge in [-0.1, -0.05) is 12.1 Å². The van der Waals surface area contributed by atoms with Gasteiger partial charge in [0.25, 0.3) is 0 Å². The molecule has 1 atom stereocenters. The minimum atomic E-state index is -2.98. The lowest BCUT2D eigenvalue weighted by molar-refractivity contribution is 0.381. The number of sulfone groups is 1. The van der Waals surface area contributed by atoms with Gasteiger partial charge in [-0.15, -0.1) is 0 Å². The quantitative estimate of drug-likeness (QED) is 0.857. The minimum absolute atomic E-state index is 0.129. The number of anilines is 1. The zero-order chi connectivity index (χ0) is 13.8. The summed E-state index contributed by atoms with van der Waals surface area (Å²) in [5, 5.41) is 0. The molecule has 2 heterocycles. The van der Waals surface area contributed by atoms with E-state index in [1.54, 1.807) is 0 Å². The molecule has 102 valence electrons. The van der Waals surface area contributed by atoms with Crippen LogP contribution in [0.15, 0.2) is 18.2 Å². The van der Waals surface area contributed by atoms with Crippen molar-refractivity contribution in [2.24, 2.45) is 0 Å². The summed E-state index contributed by atoms with van der Waals surface area (Å²) >= 11 is 0. The monoisotopic (exact) mass is 279 g/mol. The number of aromatic nitrogens is 2. The molecule has 0 amide bonds. The van der Waals surface area contributed by atoms with E-state index in [1.807, 2.05) is 36.6 Å². The summed E-state index contributed by atoms with van der Waals surface area (Å²) < 4.78 is 25.5. The molecule has 0 spiro atoms. The van der Waals surface area contributed by atoms with E-state index in [0.29, 0.717) is 12.4 Å². The van der Waals surface area contributed by atoms with Crippen LogP contribution < -0.4 is 5.73 Å². The van der Waals surface area contributed by atoms with Crippen molar-refractivity contribution in [2.75, 3.05) is 17.2 Å². The summed E-state index contributed by atoms with van der Waals surface area (Å²) in [7, 11) is -2.98. The van der Waals surface area contributed by atoms with E-state index in [1.165, 1.54) is 0 Å². The molecule has 19 heavy (non-hydrogen) atoms. The van der Waals surface area contributed by atoms with Crippen molar-refractivity contribution in [3.8, 4) is 0 Å². The van der Waals surface area contributed by atoms with Gasteiger partial charge in [0, 0.05) is 0 Å². The molecule has 0 saturated carbocycles. The van der Waals surface area contributed by atoms with Crippen LogP contribution in [-0.2, 0) is 15.4 Å². The number of nitrogens with zero attached hydrogens (tertiary/aromatic N) is 2. The molecule has 2 N–H and O–H groups in total. The maximum Gasteiger partial charge on any atom is 0.201 e. The van der Waals surface area contributed by atoms with E-state index >= 15 is 0 Å². The maximum absolute atomic E-state index is 11.8. The molecule has 1 aliphatic rings. The summed E-state index contributed by atoms with van der Waals surface area (Å²) in [6, 6.07) is 5.83. The minimum Gasteiger partial charge on any atom is -0.369 e. The van der Waals surface area contributed by atoms with Crippen LogP contribution in [0.2, 0.25) is 0 Å². The van der Waals surface area contributed by atoms with E-state index < -0.39 is 15.4 Å². The number of hydrogen-bond acceptors (Lipinski definition) is 4. The highest BCUT2D eigenvalue weighted by Gasteiger charge is 2.41. The van der Waals surface area contributed by atoms with Crippen LogP contribution in [0.3, 0.4) is 0 Å². The van der Waals surface area contributed by atoms with Gasteiger partial charge in [-0.25, -0.2) is 13.4 Å². The summed E-state index contributed by atoms with van der Waals surface area (Å²) in [5.74, 6) is 0.738. The smallest absolute Gasteiger partial charge is 0.201 e. The molecule has 1 aliphatic heterocycles. The highest BCUT2D eigenvalue weighted by molar-refractivity contribution is 7.91. The fourth-order valence-corrected chi connectivity index (χ4v) is 5.14. The van der Waals surface area contributed by atoms with Gasteiger partial charge < -0.3 is 10.3 Å². The van der Waals surface area contributed by atoms with Crippen LogP contribution in [0, 0.1) is 6.92 Å². The molecule has 1 aromatic carbocycles. The number of imidazole rings is 1. The Morgan fingerprint density at radius 2 is 2.16 bits per heavy atom. The topological polar surface area (TPSA) is 78.0 Å². The molecule has 2 aromatic rings. The van der Waals surface area contributed by atoms with Crippen LogP contribution in [-0.4, -0.2) is 29.5 Å². The Bertz CT molecular complexity index is 764. The fourth-order valence-electron chi connectivity index (χ4n) is 3.03. The van der Waals surface area contributed by atoms with Crippen LogP contribution in [0.5, 0.6) is 0 Å². The second-order valence-corrected chi connectivity index (χ2v) is 7.77. The Balaban J connectivity index is 2.29. The third-order valence-corrected chi connectivity index (χ3v) is 5.81. The Kier molecular flexibility index (Phi) is 2.44. The molecule has 1 aromatic heterocycles. The molecule has 6 heteroatoms. The maximum atomic E-state index is 11.8. The van der Waals surface area contributed by atoms with Gasteiger partial charge in [0.05, 0.1) is 28.1 Å². The third kappa shape index (κ3) is 1.82. The molecule has 1 fully saturated rings. The first-order valence-corrected chi connectivity index (χ1v) is 8.09. The van der Waals surface area contributed by atoms with Gasteiger partial charge >= 0.3 is 0 Å². The fraction of sp³-hybridized carbons (Fsp3) is 0.462. The number of hydrogen-bond donors (Lipinski definition) is 1. The summed E-state index contributed by atoms with van der Waals surface area (Å²) in [6.07, 6.45) is 0.583. The summed E-state index contributed by atoms with van der Waals surface area (Å²) in [4.78, 5) is 4.36. The van der Waals surface area contributed by atoms with Crippen molar-refractivity contribution in [3.05, 3.63) is 23.8 Å². The summed E-state index contributed by atoms with van der Waals surface area (Å²) in [5.41, 5.74) is 8.37. The first-order chi connectivity index (χ1) is 8.82. The third-order valence-electron chi connectivity index (χ3n) is 3.93. The molecule has 0 radical (unpaired) electrons. The van der Waals surface area contributed by atoms with Crippen LogP contribution >= 0.6 is 0 Å². The lowest BCUT2D eigenvalue weighted by atomic mass is 10.0. The average molecular weight is 279 g/mol. The first kappa shape index (κ1) is 12.5. The van der Waals surface area contributed by atoms with Crippen LogP contribution in [0.4, 0.5) is 5.95 Å². The van der Waals surface area contributed by atoms with Gasteiger partial charge in [-0.3, -0.25) is 0 Å². The second kappa shape index (κ2) is 3.72. The standard InChI is InChI=1S/C13H17N3O2S/c1-9-4-3-5-10-11(9)16(12(14)15-10)13(2)6-7-19(17,18)8-13/h3-5H,6-8H2,1-2H3,(H2,14,15). The van der Waals surface area contributed by atoms with Gasteiger partial charge in [0.2, 0.25) is 5.95 Å². The van der Waals surface area contributed by atoms with E-state index in [-0.39, 0.29) is 11.5 Å². The Labute approximate surface area is 112 Å². The number of nitrogens with two attached hydrogens (primary N) is 1. The van der Waals surface area contributed by atoms with E-state index in [2.05, 4.69) is 4.98 Å². The second-order valence-electron chi connectivity index (χ2n) is 5.59. The Morgan fingerprint density at radius 3 is 2.79 bits per heavy atom. The molecule has 0 aliphatic carbocycles. The predicted octanol–water partition coefficient (Wildman–Crippen LogP) is 1.46. The van der Waals surface area contributed by atoms with E-state index in [0.717, 1.165) is 16.6 Å². The number of rotatable bonds is 1. The first-order valence-electron chi connectivity index (χ1n) is 6.27. The number of fused-ring (bicyclic) bond motifs is 1. The number of benzene rings is 1. The van der Waals surface area contributed by atoms with Crippen molar-refractivity contribution < 1.29 is 8.42 Å². The van der Waals surface area contributed by atoms with Gasteiger partial charge in [0.15, 0.2) is 9.84 Å². The van der Waals surface area contributed by atoms with Crippen molar-refractivity contribution in [1.82, 2.24) is 9.55 Å². The average Bonchev–Trinajstić information content (AvgIpc) is 2.77. The molecule has 3 rings (SSSR count). The SMILES string of the molecule is Cc1cccc2nc(N)n(C3(C)CCS(=O)(=O)C3)c12. The van der Waals surface area contributed by atoms with E-state index in [9.17, 15) is 8.42 Å². The normalized spacial score (nSPS) is 26.0. The lowest BCUT2D eigenvalue weighted by Crippen LogP contribution is -2.32. The van der Waals surface area contributed by atoms with Crippen molar-refractivity contribution >= 4 is 26.8 Å². The largest absolute Gasteiger partial charge is 0.369 e. The molecule has 1 saturated heterocycles. The number of aryl methyl sites for hydroxylation is 1. The van der Waals surface area contributed by atoms with E-state index in [4.69, 9.17) is 5.73 Å². The van der Waals surface area contributed by atoms with Gasteiger partial charge in [0.1, 0.15) is 0 Å². The number of para-hydroxylation sites is 1. The lowest BCUT2D eigenvalue weighted by Gasteiger charge is -2.26. The predicted molar refractivity (Wildman–Crippen MR) is 75.8 cm³/mol. The van der Waals surface area contributed by atoms with Gasteiger partial charge in [-0.2, -0.15) is 0 Å². The van der Waals surface area contributed by atoms with Gasteiger partial charge in [-0.05, 0) is 31.9 Å². The van der Waals surface area contributed by atoms with Crippen molar-refractivity contribution in [1.29, 1.82) is 0 Å². The molecule has 5 nitrogen and oxygen atoms in total. The number of nitrogen functional groups attached to an aromatic ring is 1. The molecular weight excluding hydrogens is 262 g/mol. The zero-order valence-corrected chi connectivity index (χ0v) is 11.9. The highest BCUT2D eigenvalue weighted by Crippen LogP contribution is 2.36. The van der Waals surface area contributed by atoms with Crippen LogP contribution in [0.25, 0.3) is 11.0 Å². The Hall–Kier alpha value is -1.56. The van der Waals surface area contributed by atoms with Crippen molar-refractivity contribution in [3.63, 3.8) is 0 Å². The Morgan fingerprint density at radius 1 is 1.42 bits per heavy atom. The summed E-state index contributed by atoms with van der Waals surface area (Å²) in [6.45, 7) is 3.94. The molecular formula is C13H17N3O2S. The molecule has 1 unspecified atom stereocenters. The molecule has 0 bridgehead atoms.